The zero-order valence-corrected chi connectivity index (χ0v) is 21.3. The molecule has 1 amide bonds. The van der Waals surface area contributed by atoms with Crippen molar-refractivity contribution >= 4 is 44.5 Å². The number of hydrogen-bond acceptors (Lipinski definition) is 8. The molecule has 2 aromatic carbocycles. The van der Waals surface area contributed by atoms with Gasteiger partial charge >= 0.3 is 6.36 Å². The number of carbonyl (C=O) groups is 1. The summed E-state index contributed by atoms with van der Waals surface area (Å²) in [6, 6.07) is 14.0. The molecule has 0 spiro atoms. The van der Waals surface area contributed by atoms with Gasteiger partial charge in [-0.2, -0.15) is 10.2 Å². The monoisotopic (exact) mass is 566 g/mol. The molecule has 0 radical (unpaired) electrons. The summed E-state index contributed by atoms with van der Waals surface area (Å²) in [5.41, 5.74) is 2.66. The minimum absolute atomic E-state index is 0.0201. The first-order valence-electron chi connectivity index (χ1n) is 11.1. The zero-order chi connectivity index (χ0) is 27.7. The van der Waals surface area contributed by atoms with Gasteiger partial charge in [0.25, 0.3) is 5.91 Å². The first-order chi connectivity index (χ1) is 18.6. The maximum absolute atomic E-state index is 13.3. The summed E-state index contributed by atoms with van der Waals surface area (Å²) >= 11 is 7.14. The van der Waals surface area contributed by atoms with Crippen molar-refractivity contribution in [3.8, 4) is 34.2 Å². The Morgan fingerprint density at radius 3 is 2.54 bits per heavy atom. The fourth-order valence-electron chi connectivity index (χ4n) is 3.68. The summed E-state index contributed by atoms with van der Waals surface area (Å²) in [4.78, 5) is 31.0. The molecule has 1 N–H and O–H groups in total. The standard InChI is InChI=1S/C26H14ClF3N6O2S/c1-13-8-17(18-9-16(27)6-7-21(18)38-26(28,29)30)19(11-32-13)23(37)36-25-35-22-24(39-25)34-20(12-33-22)15-4-2-14(10-31)3-5-15/h2-9,11-12H,1H3,(H,33,35,36,37). The summed E-state index contributed by atoms with van der Waals surface area (Å²) in [6.07, 6.45) is -2.17. The van der Waals surface area contributed by atoms with E-state index in [1.54, 1.807) is 31.2 Å². The van der Waals surface area contributed by atoms with Crippen LogP contribution in [0.1, 0.15) is 21.6 Å². The number of rotatable bonds is 5. The van der Waals surface area contributed by atoms with Crippen molar-refractivity contribution < 1.29 is 22.7 Å². The lowest BCUT2D eigenvalue weighted by atomic mass is 9.99. The molecule has 0 fully saturated rings. The molecule has 0 saturated heterocycles. The molecule has 0 aliphatic rings. The average molecular weight is 567 g/mol. The second-order valence-corrected chi connectivity index (χ2v) is 9.52. The highest BCUT2D eigenvalue weighted by Gasteiger charge is 2.33. The van der Waals surface area contributed by atoms with Crippen molar-refractivity contribution in [1.29, 1.82) is 5.26 Å². The van der Waals surface area contributed by atoms with E-state index in [1.807, 2.05) is 0 Å². The number of alkyl halides is 3. The van der Waals surface area contributed by atoms with Crippen LogP contribution in [-0.2, 0) is 0 Å². The largest absolute Gasteiger partial charge is 0.573 e. The van der Waals surface area contributed by atoms with Crippen LogP contribution >= 0.6 is 22.9 Å². The lowest BCUT2D eigenvalue weighted by Crippen LogP contribution is -2.18. The molecule has 0 atom stereocenters. The fraction of sp³-hybridized carbons (Fsp3) is 0.0769. The summed E-state index contributed by atoms with van der Waals surface area (Å²) in [6.45, 7) is 1.64. The number of nitrogens with zero attached hydrogens (tertiary/aromatic N) is 5. The van der Waals surface area contributed by atoms with Gasteiger partial charge in [-0.3, -0.25) is 15.1 Å². The molecule has 5 aromatic rings. The highest BCUT2D eigenvalue weighted by atomic mass is 35.5. The molecule has 3 aromatic heterocycles. The molecular formula is C26H14ClF3N6O2S. The predicted molar refractivity (Wildman–Crippen MR) is 139 cm³/mol. The van der Waals surface area contributed by atoms with Crippen LogP contribution in [0.3, 0.4) is 0 Å². The number of nitrogens with one attached hydrogen (secondary N) is 1. The molecule has 3 heterocycles. The number of aromatic nitrogens is 4. The van der Waals surface area contributed by atoms with Gasteiger partial charge in [-0.25, -0.2) is 9.97 Å². The van der Waals surface area contributed by atoms with Crippen molar-refractivity contribution in [2.24, 2.45) is 0 Å². The molecule has 0 saturated carbocycles. The number of nitriles is 1. The summed E-state index contributed by atoms with van der Waals surface area (Å²) in [5.74, 6) is -1.18. The fourth-order valence-corrected chi connectivity index (χ4v) is 4.65. The third-order valence-electron chi connectivity index (χ3n) is 5.40. The van der Waals surface area contributed by atoms with Crippen LogP contribution in [-0.4, -0.2) is 32.2 Å². The van der Waals surface area contributed by atoms with E-state index in [0.29, 0.717) is 27.4 Å². The van der Waals surface area contributed by atoms with E-state index in [4.69, 9.17) is 16.9 Å². The van der Waals surface area contributed by atoms with Crippen molar-refractivity contribution in [1.82, 2.24) is 19.9 Å². The van der Waals surface area contributed by atoms with Crippen molar-refractivity contribution in [2.75, 3.05) is 5.32 Å². The second-order valence-electron chi connectivity index (χ2n) is 8.11. The first-order valence-corrected chi connectivity index (χ1v) is 12.3. The van der Waals surface area contributed by atoms with Crippen LogP contribution in [0.4, 0.5) is 18.3 Å². The maximum Gasteiger partial charge on any atom is 0.573 e. The molecule has 0 aliphatic carbocycles. The number of hydrogen-bond donors (Lipinski definition) is 1. The Hall–Kier alpha value is -4.60. The Kier molecular flexibility index (Phi) is 6.86. The van der Waals surface area contributed by atoms with Gasteiger partial charge in [-0.15, -0.1) is 13.2 Å². The number of ether oxygens (including phenoxy) is 1. The van der Waals surface area contributed by atoms with E-state index in [2.05, 4.69) is 36.1 Å². The third kappa shape index (κ3) is 5.79. The van der Waals surface area contributed by atoms with E-state index in [9.17, 15) is 18.0 Å². The number of fused-ring (bicyclic) bond motifs is 1. The van der Waals surface area contributed by atoms with E-state index in [0.717, 1.165) is 23.0 Å². The quantitative estimate of drug-likeness (QED) is 0.249. The number of carbonyl (C=O) groups excluding carboxylic acids is 1. The zero-order valence-electron chi connectivity index (χ0n) is 19.7. The SMILES string of the molecule is Cc1cc(-c2cc(Cl)ccc2OC(F)(F)F)c(C(=O)Nc2nc3ncc(-c4ccc(C#N)cc4)nc3s2)cn1. The van der Waals surface area contributed by atoms with Crippen molar-refractivity contribution in [3.63, 3.8) is 0 Å². The third-order valence-corrected chi connectivity index (χ3v) is 6.49. The molecule has 13 heteroatoms. The van der Waals surface area contributed by atoms with Gasteiger partial charge in [0.2, 0.25) is 0 Å². The van der Waals surface area contributed by atoms with Gasteiger partial charge < -0.3 is 4.74 Å². The van der Waals surface area contributed by atoms with Crippen LogP contribution in [0.2, 0.25) is 5.02 Å². The Balaban J connectivity index is 1.47. The van der Waals surface area contributed by atoms with E-state index < -0.39 is 18.0 Å². The highest BCUT2D eigenvalue weighted by molar-refractivity contribution is 7.21. The molecule has 8 nitrogen and oxygen atoms in total. The lowest BCUT2D eigenvalue weighted by Gasteiger charge is -2.16. The van der Waals surface area contributed by atoms with Crippen LogP contribution in [0.15, 0.2) is 60.9 Å². The molecule has 5 rings (SSSR count). The average Bonchev–Trinajstić information content (AvgIpc) is 3.30. The van der Waals surface area contributed by atoms with E-state index in [1.165, 1.54) is 30.6 Å². The van der Waals surface area contributed by atoms with Crippen LogP contribution in [0.5, 0.6) is 5.75 Å². The minimum atomic E-state index is -4.95. The number of thiazole rings is 1. The Morgan fingerprint density at radius 2 is 1.82 bits per heavy atom. The smallest absolute Gasteiger partial charge is 0.405 e. The Morgan fingerprint density at radius 1 is 1.05 bits per heavy atom. The number of pyridine rings is 1. The van der Waals surface area contributed by atoms with Gasteiger partial charge in [0, 0.05) is 33.6 Å². The van der Waals surface area contributed by atoms with Crippen LogP contribution < -0.4 is 10.1 Å². The first kappa shape index (κ1) is 26.0. The minimum Gasteiger partial charge on any atom is -0.405 e. The van der Waals surface area contributed by atoms with Gasteiger partial charge in [-0.05, 0) is 43.3 Å². The summed E-state index contributed by atoms with van der Waals surface area (Å²) in [5, 5.41) is 12.0. The molecule has 39 heavy (non-hydrogen) atoms. The van der Waals surface area contributed by atoms with Crippen molar-refractivity contribution in [2.45, 2.75) is 13.3 Å². The molecule has 194 valence electrons. The normalized spacial score (nSPS) is 11.3. The van der Waals surface area contributed by atoms with Crippen molar-refractivity contribution in [3.05, 3.63) is 82.8 Å². The van der Waals surface area contributed by atoms with Crippen LogP contribution in [0, 0.1) is 18.3 Å². The number of amides is 1. The summed E-state index contributed by atoms with van der Waals surface area (Å²) < 4.78 is 43.4. The van der Waals surface area contributed by atoms with E-state index >= 15 is 0 Å². The van der Waals surface area contributed by atoms with E-state index in [-0.39, 0.29) is 26.8 Å². The van der Waals surface area contributed by atoms with Gasteiger partial charge in [0.05, 0.1) is 29.1 Å². The Bertz CT molecular complexity index is 1770. The second kappa shape index (κ2) is 10.3. The number of benzene rings is 2. The van der Waals surface area contributed by atoms with Gasteiger partial charge in [-0.1, -0.05) is 35.1 Å². The Labute approximate surface area is 227 Å². The molecule has 0 aliphatic heterocycles. The van der Waals surface area contributed by atoms with Gasteiger partial charge in [0.15, 0.2) is 15.6 Å². The number of anilines is 1. The number of halogens is 4. The molecule has 0 unspecified atom stereocenters. The predicted octanol–water partition coefficient (Wildman–Crippen LogP) is 6.80. The number of aryl methyl sites for hydroxylation is 1. The van der Waals surface area contributed by atoms with Crippen LogP contribution in [0.25, 0.3) is 32.9 Å². The molecule has 0 bridgehead atoms. The maximum atomic E-state index is 13.3. The summed E-state index contributed by atoms with van der Waals surface area (Å²) in [7, 11) is 0. The molecular weight excluding hydrogens is 553 g/mol. The topological polar surface area (TPSA) is 114 Å². The lowest BCUT2D eigenvalue weighted by molar-refractivity contribution is -0.274. The highest BCUT2D eigenvalue weighted by Crippen LogP contribution is 2.38. The van der Waals surface area contributed by atoms with Gasteiger partial charge in [0.1, 0.15) is 5.75 Å².